The van der Waals surface area contributed by atoms with Crippen LogP contribution in [0.25, 0.3) is 0 Å². The lowest BCUT2D eigenvalue weighted by Gasteiger charge is -2.32. The van der Waals surface area contributed by atoms with Gasteiger partial charge in [-0.2, -0.15) is 0 Å². The molecule has 2 rings (SSSR count). The minimum atomic E-state index is -0.572. The van der Waals surface area contributed by atoms with Crippen LogP contribution in [0.15, 0.2) is 24.3 Å². The summed E-state index contributed by atoms with van der Waals surface area (Å²) in [5, 5.41) is 16.9. The van der Waals surface area contributed by atoms with E-state index in [1.807, 2.05) is 19.1 Å². The average molecular weight is 278 g/mol. The third-order valence-corrected chi connectivity index (χ3v) is 3.73. The van der Waals surface area contributed by atoms with E-state index in [4.69, 9.17) is 4.74 Å². The molecule has 0 bridgehead atoms. The van der Waals surface area contributed by atoms with Crippen molar-refractivity contribution in [3.63, 3.8) is 0 Å². The normalized spacial score (nSPS) is 22.7. The molecule has 1 heterocycles. The molecule has 0 unspecified atom stereocenters. The summed E-state index contributed by atoms with van der Waals surface area (Å²) in [6.45, 7) is 5.96. The van der Waals surface area contributed by atoms with Gasteiger partial charge in [0.15, 0.2) is 0 Å². The van der Waals surface area contributed by atoms with Crippen LogP contribution >= 0.6 is 0 Å². The van der Waals surface area contributed by atoms with E-state index >= 15 is 0 Å². The van der Waals surface area contributed by atoms with Gasteiger partial charge < -0.3 is 20.5 Å². The van der Waals surface area contributed by atoms with Gasteiger partial charge in [-0.3, -0.25) is 0 Å². The molecule has 20 heavy (non-hydrogen) atoms. The van der Waals surface area contributed by atoms with Gasteiger partial charge in [-0.1, -0.05) is 12.1 Å². The molecule has 0 amide bonds. The second-order valence-electron chi connectivity index (χ2n) is 5.51. The Bertz CT molecular complexity index is 386. The molecular weight excluding hydrogens is 252 g/mol. The number of rotatable bonds is 7. The topological polar surface area (TPSA) is 53.5 Å². The maximum Gasteiger partial charge on any atom is 0.119 e. The smallest absolute Gasteiger partial charge is 0.119 e. The number of benzene rings is 1. The molecule has 112 valence electrons. The fourth-order valence-corrected chi connectivity index (χ4v) is 2.58. The lowest BCUT2D eigenvalue weighted by molar-refractivity contribution is 0.0174. The van der Waals surface area contributed by atoms with Crippen LogP contribution in [0.3, 0.4) is 0 Å². The summed E-state index contributed by atoms with van der Waals surface area (Å²) < 4.78 is 5.42. The summed E-state index contributed by atoms with van der Waals surface area (Å²) >= 11 is 0. The first-order valence-electron chi connectivity index (χ1n) is 7.57. The number of hydrogen-bond donors (Lipinski definition) is 3. The highest BCUT2D eigenvalue weighted by Crippen LogP contribution is 2.15. The van der Waals surface area contributed by atoms with E-state index in [1.165, 1.54) is 5.56 Å². The lowest BCUT2D eigenvalue weighted by Crippen LogP contribution is -2.52. The van der Waals surface area contributed by atoms with E-state index in [0.29, 0.717) is 19.7 Å². The second-order valence-corrected chi connectivity index (χ2v) is 5.51. The van der Waals surface area contributed by atoms with E-state index in [-0.39, 0.29) is 0 Å². The van der Waals surface area contributed by atoms with E-state index in [2.05, 4.69) is 22.8 Å². The van der Waals surface area contributed by atoms with Crippen LogP contribution < -0.4 is 15.4 Å². The predicted molar refractivity (Wildman–Crippen MR) is 81.2 cm³/mol. The maximum atomic E-state index is 10.3. The summed E-state index contributed by atoms with van der Waals surface area (Å²) in [5.41, 5.74) is 0.714. The highest BCUT2D eigenvalue weighted by Gasteiger charge is 2.28. The van der Waals surface area contributed by atoms with E-state index in [0.717, 1.165) is 38.1 Å². The van der Waals surface area contributed by atoms with E-state index in [9.17, 15) is 5.11 Å². The molecule has 1 aromatic carbocycles. The van der Waals surface area contributed by atoms with Crippen molar-refractivity contribution in [2.75, 3.05) is 32.8 Å². The molecule has 4 heteroatoms. The summed E-state index contributed by atoms with van der Waals surface area (Å²) in [7, 11) is 0. The zero-order valence-corrected chi connectivity index (χ0v) is 12.3. The van der Waals surface area contributed by atoms with Crippen molar-refractivity contribution < 1.29 is 9.84 Å². The lowest BCUT2D eigenvalue weighted by atomic mass is 9.94. The molecule has 0 spiro atoms. The molecular formula is C16H26N2O2. The van der Waals surface area contributed by atoms with Crippen molar-refractivity contribution in [2.45, 2.75) is 31.8 Å². The quantitative estimate of drug-likeness (QED) is 0.659. The first-order chi connectivity index (χ1) is 9.72. The van der Waals surface area contributed by atoms with Gasteiger partial charge in [-0.25, -0.2) is 0 Å². The minimum absolute atomic E-state index is 0.572. The third-order valence-electron chi connectivity index (χ3n) is 3.73. The first-order valence-corrected chi connectivity index (χ1v) is 7.57. The molecule has 1 saturated heterocycles. The zero-order chi connectivity index (χ0) is 14.3. The van der Waals surface area contributed by atoms with E-state index in [1.54, 1.807) is 0 Å². The van der Waals surface area contributed by atoms with Gasteiger partial charge in [0.25, 0.3) is 0 Å². The standard InChI is InChI=1S/C16H26N2O2/c1-2-20-15-6-4-14(5-7-15)8-11-18-13-16(19)9-3-10-17-12-16/h4-7,17-19H,2-3,8-13H2,1H3/t16-/m1/s1. The fraction of sp³-hybridized carbons (Fsp3) is 0.625. The number of ether oxygens (including phenoxy) is 1. The van der Waals surface area contributed by atoms with Crippen molar-refractivity contribution >= 4 is 0 Å². The summed E-state index contributed by atoms with van der Waals surface area (Å²) in [6, 6.07) is 8.22. The maximum absolute atomic E-state index is 10.3. The van der Waals surface area contributed by atoms with Crippen LogP contribution in [0.5, 0.6) is 5.75 Å². The van der Waals surface area contributed by atoms with Gasteiger partial charge >= 0.3 is 0 Å². The van der Waals surface area contributed by atoms with Crippen LogP contribution in [-0.2, 0) is 6.42 Å². The summed E-state index contributed by atoms with van der Waals surface area (Å²) in [6.07, 6.45) is 2.91. The molecule has 1 aliphatic heterocycles. The van der Waals surface area contributed by atoms with Crippen molar-refractivity contribution in [3.8, 4) is 5.75 Å². The minimum Gasteiger partial charge on any atom is -0.494 e. The van der Waals surface area contributed by atoms with Crippen LogP contribution in [0.4, 0.5) is 0 Å². The summed E-state index contributed by atoms with van der Waals surface area (Å²) in [4.78, 5) is 0. The molecule has 1 aliphatic rings. The molecule has 0 radical (unpaired) electrons. The molecule has 1 aromatic rings. The van der Waals surface area contributed by atoms with Gasteiger partial charge in [0, 0.05) is 13.1 Å². The molecule has 3 N–H and O–H groups in total. The third kappa shape index (κ3) is 4.78. The van der Waals surface area contributed by atoms with Gasteiger partial charge in [-0.15, -0.1) is 0 Å². The SMILES string of the molecule is CCOc1ccc(CCNC[C@@]2(O)CCCNC2)cc1. The number of nitrogens with one attached hydrogen (secondary N) is 2. The Morgan fingerprint density at radius 1 is 1.35 bits per heavy atom. The van der Waals surface area contributed by atoms with E-state index < -0.39 is 5.60 Å². The Morgan fingerprint density at radius 2 is 2.15 bits per heavy atom. The molecule has 0 aliphatic carbocycles. The number of aliphatic hydroxyl groups is 1. The Balaban J connectivity index is 1.67. The second kappa shape index (κ2) is 7.62. The molecule has 4 nitrogen and oxygen atoms in total. The van der Waals surface area contributed by atoms with Crippen LogP contribution in [-0.4, -0.2) is 43.5 Å². The number of piperidine rings is 1. The van der Waals surface area contributed by atoms with Crippen LogP contribution in [0.2, 0.25) is 0 Å². The Kier molecular flexibility index (Phi) is 5.83. The highest BCUT2D eigenvalue weighted by atomic mass is 16.5. The van der Waals surface area contributed by atoms with Crippen molar-refractivity contribution in [1.29, 1.82) is 0 Å². The largest absolute Gasteiger partial charge is 0.494 e. The predicted octanol–water partition coefficient (Wildman–Crippen LogP) is 1.33. The van der Waals surface area contributed by atoms with Crippen LogP contribution in [0.1, 0.15) is 25.3 Å². The molecule has 1 fully saturated rings. The average Bonchev–Trinajstić information content (AvgIpc) is 2.46. The zero-order valence-electron chi connectivity index (χ0n) is 12.3. The Labute approximate surface area is 121 Å². The summed E-state index contributed by atoms with van der Waals surface area (Å²) in [5.74, 6) is 0.923. The van der Waals surface area contributed by atoms with Gasteiger partial charge in [0.1, 0.15) is 5.75 Å². The molecule has 0 saturated carbocycles. The fourth-order valence-electron chi connectivity index (χ4n) is 2.58. The Morgan fingerprint density at radius 3 is 2.80 bits per heavy atom. The monoisotopic (exact) mass is 278 g/mol. The van der Waals surface area contributed by atoms with Gasteiger partial charge in [0.2, 0.25) is 0 Å². The van der Waals surface area contributed by atoms with Crippen molar-refractivity contribution in [1.82, 2.24) is 10.6 Å². The van der Waals surface area contributed by atoms with Crippen molar-refractivity contribution in [3.05, 3.63) is 29.8 Å². The van der Waals surface area contributed by atoms with Gasteiger partial charge in [0.05, 0.1) is 12.2 Å². The Hall–Kier alpha value is -1.10. The highest BCUT2D eigenvalue weighted by molar-refractivity contribution is 5.27. The van der Waals surface area contributed by atoms with Crippen LogP contribution in [0, 0.1) is 0 Å². The van der Waals surface area contributed by atoms with Crippen molar-refractivity contribution in [2.24, 2.45) is 0 Å². The number of β-amino-alcohol motifs (C(OH)–C–C–N with tert-alkyl or cyclic N) is 1. The molecule has 0 aromatic heterocycles. The molecule has 1 atom stereocenters. The first kappa shape index (κ1) is 15.3. The number of hydrogen-bond acceptors (Lipinski definition) is 4. The van der Waals surface area contributed by atoms with Gasteiger partial charge in [-0.05, 0) is 57.0 Å².